The third-order valence-electron chi connectivity index (χ3n) is 14.9. The minimum Gasteiger partial charge on any atom is -0.507 e. The lowest BCUT2D eigenvalue weighted by Crippen LogP contribution is -2.05. The van der Waals surface area contributed by atoms with Crippen molar-refractivity contribution >= 4 is 166 Å². The van der Waals surface area contributed by atoms with E-state index >= 15 is 0 Å². The molecule has 0 amide bonds. The summed E-state index contributed by atoms with van der Waals surface area (Å²) in [6.45, 7) is 8.37. The van der Waals surface area contributed by atoms with Crippen LogP contribution in [0.25, 0.3) is 109 Å². The standard InChI is InChI=1S/C37H38Br2N2O.C25H14Br2N2O.C6H13Br/c1-3-5-7-11-21-41-36-32-24-27(39)17-19-30(32)29-18-16-26(38)23-31(29)35(36)40-37(41)34-28-14-10-9-13-25(28)15-20-33(34)42-22-12-8-6-4-2;26-14-6-8-17-18-9-7-15(27)12-20(18)24-23(19(17)11-14)28-25(29-24)22-16-4-2-1-3-13(16)5-10-21(22)30;1-2-3-4-5-6-7/h9-10,13-20,23-24H,3-8,11-12,21-22H2,1-2H3;1-12,30H,(H,28,29);2-6H2,1H3. The van der Waals surface area contributed by atoms with E-state index < -0.39 is 0 Å². The molecule has 2 N–H and O–H groups in total. The highest BCUT2D eigenvalue weighted by molar-refractivity contribution is 9.11. The third-order valence-corrected chi connectivity index (χ3v) is 17.5. The second kappa shape index (κ2) is 26.5. The maximum absolute atomic E-state index is 10.7. The first kappa shape index (κ1) is 57.0. The van der Waals surface area contributed by atoms with Crippen molar-refractivity contribution in [3.8, 4) is 34.3 Å². The summed E-state index contributed by atoms with van der Waals surface area (Å²) in [5.74, 6) is 2.79. The quantitative estimate of drug-likeness (QED) is 0.0541. The summed E-state index contributed by atoms with van der Waals surface area (Å²) < 4.78 is 13.2. The van der Waals surface area contributed by atoms with Crippen molar-refractivity contribution in [3.05, 3.63) is 163 Å². The highest BCUT2D eigenvalue weighted by Crippen LogP contribution is 2.45. The van der Waals surface area contributed by atoms with E-state index in [4.69, 9.17) is 14.7 Å². The zero-order valence-corrected chi connectivity index (χ0v) is 53.0. The number of aryl methyl sites for hydroxylation is 1. The van der Waals surface area contributed by atoms with Crippen LogP contribution in [0, 0.1) is 0 Å². The minimum absolute atomic E-state index is 0.212. The second-order valence-corrected chi connectivity index (χ2v) is 24.9. The highest BCUT2D eigenvalue weighted by Gasteiger charge is 2.24. The molecular weight excluding hydrogens is 1300 g/mol. The first-order chi connectivity index (χ1) is 38.6. The van der Waals surface area contributed by atoms with Crippen molar-refractivity contribution in [2.45, 2.75) is 104 Å². The lowest BCUT2D eigenvalue weighted by atomic mass is 10.00. The SMILES string of the molecule is CCCCCCBr.CCCCCCOc1ccc2ccccc2c1-c1nc2c3cc(Br)ccc3c3ccc(Br)cc3c2n1CCCCCC.Oc1ccc2ccccc2c1-c1nc2c3cc(Br)ccc3c3ccc(Br)cc3c2[nH]1. The highest BCUT2D eigenvalue weighted by atomic mass is 79.9. The largest absolute Gasteiger partial charge is 0.507 e. The van der Waals surface area contributed by atoms with Gasteiger partial charge in [-0.2, -0.15) is 0 Å². The Hall–Kier alpha value is -5.30. The van der Waals surface area contributed by atoms with Gasteiger partial charge in [0.15, 0.2) is 0 Å². The first-order valence-corrected chi connectivity index (χ1v) is 32.2. The average molecular weight is 1370 g/mol. The summed E-state index contributed by atoms with van der Waals surface area (Å²) in [5.41, 5.74) is 5.91. The van der Waals surface area contributed by atoms with Gasteiger partial charge in [-0.25, -0.2) is 9.97 Å². The van der Waals surface area contributed by atoms with Crippen molar-refractivity contribution in [3.63, 3.8) is 0 Å². The topological polar surface area (TPSA) is 76.0 Å². The number of H-pyrrole nitrogens is 1. The van der Waals surface area contributed by atoms with E-state index in [9.17, 15) is 5.11 Å². The van der Waals surface area contributed by atoms with Crippen LogP contribution in [-0.2, 0) is 6.54 Å². The molecule has 2 heterocycles. The van der Waals surface area contributed by atoms with E-state index in [2.05, 4.69) is 219 Å². The van der Waals surface area contributed by atoms with Crippen molar-refractivity contribution in [2.24, 2.45) is 0 Å². The van der Waals surface area contributed by atoms with Crippen molar-refractivity contribution < 1.29 is 9.84 Å². The first-order valence-electron chi connectivity index (χ1n) is 27.9. The number of aromatic hydroxyl groups is 1. The Labute approximate surface area is 505 Å². The number of ether oxygens (including phenoxy) is 1. The molecule has 79 heavy (non-hydrogen) atoms. The second-order valence-electron chi connectivity index (χ2n) is 20.4. The van der Waals surface area contributed by atoms with Gasteiger partial charge in [0.1, 0.15) is 23.1 Å². The number of phenolic OH excluding ortho intramolecular Hbond substituents is 1. The zero-order valence-electron chi connectivity index (χ0n) is 45.0. The van der Waals surface area contributed by atoms with Gasteiger partial charge in [-0.05, 0) is 123 Å². The predicted octanol–water partition coefficient (Wildman–Crippen LogP) is 23.1. The molecule has 0 bridgehead atoms. The molecule has 0 saturated heterocycles. The number of alkyl halides is 1. The van der Waals surface area contributed by atoms with E-state index in [-0.39, 0.29) is 5.75 Å². The molecule has 0 saturated carbocycles. The fourth-order valence-electron chi connectivity index (χ4n) is 11.0. The lowest BCUT2D eigenvalue weighted by molar-refractivity contribution is 0.306. The summed E-state index contributed by atoms with van der Waals surface area (Å²) in [5, 5.41) is 25.6. The molecule has 0 spiro atoms. The molecular formula is C68H65Br5N4O2. The minimum atomic E-state index is 0.212. The Balaban J connectivity index is 0.000000165. The third kappa shape index (κ3) is 12.3. The number of benzene rings is 10. The van der Waals surface area contributed by atoms with Crippen LogP contribution in [0.5, 0.6) is 11.5 Å². The molecule has 0 radical (unpaired) electrons. The molecule has 404 valence electrons. The maximum atomic E-state index is 10.7. The van der Waals surface area contributed by atoms with Crippen molar-refractivity contribution in [1.82, 2.24) is 19.5 Å². The van der Waals surface area contributed by atoms with E-state index in [1.807, 2.05) is 30.3 Å². The van der Waals surface area contributed by atoms with Crippen LogP contribution in [0.1, 0.15) is 97.8 Å². The Morgan fingerprint density at radius 3 is 1.58 bits per heavy atom. The number of halogens is 5. The van der Waals surface area contributed by atoms with Gasteiger partial charge in [-0.15, -0.1) is 0 Å². The number of imidazole rings is 2. The summed E-state index contributed by atoms with van der Waals surface area (Å²) in [4.78, 5) is 14.1. The number of phenols is 1. The molecule has 0 unspecified atom stereocenters. The van der Waals surface area contributed by atoms with Crippen LogP contribution in [0.3, 0.4) is 0 Å². The van der Waals surface area contributed by atoms with Gasteiger partial charge in [0.05, 0.1) is 39.8 Å². The van der Waals surface area contributed by atoms with Crippen LogP contribution in [0.4, 0.5) is 0 Å². The molecule has 12 aromatic rings. The summed E-state index contributed by atoms with van der Waals surface area (Å²) >= 11 is 18.1. The molecule has 0 fully saturated rings. The van der Waals surface area contributed by atoms with E-state index in [1.54, 1.807) is 6.07 Å². The van der Waals surface area contributed by atoms with Gasteiger partial charge < -0.3 is 19.4 Å². The van der Waals surface area contributed by atoms with Crippen molar-refractivity contribution in [1.29, 1.82) is 0 Å². The van der Waals surface area contributed by atoms with Gasteiger partial charge in [-0.1, -0.05) is 243 Å². The van der Waals surface area contributed by atoms with E-state index in [0.717, 1.165) is 109 Å². The van der Waals surface area contributed by atoms with Gasteiger partial charge in [-0.3, -0.25) is 0 Å². The molecule has 11 heteroatoms. The Kier molecular flexibility index (Phi) is 19.1. The van der Waals surface area contributed by atoms with Crippen LogP contribution < -0.4 is 4.74 Å². The molecule has 10 aromatic carbocycles. The zero-order chi connectivity index (χ0) is 55.0. The molecule has 0 atom stereocenters. The van der Waals surface area contributed by atoms with Gasteiger partial charge >= 0.3 is 0 Å². The van der Waals surface area contributed by atoms with Crippen molar-refractivity contribution in [2.75, 3.05) is 11.9 Å². The average Bonchev–Trinajstić information content (AvgIpc) is 4.09. The summed E-state index contributed by atoms with van der Waals surface area (Å²) in [6, 6.07) is 50.5. The van der Waals surface area contributed by atoms with Crippen LogP contribution in [0.2, 0.25) is 0 Å². The molecule has 12 rings (SSSR count). The number of hydrogen-bond acceptors (Lipinski definition) is 4. The molecule has 0 aliphatic heterocycles. The van der Waals surface area contributed by atoms with Crippen LogP contribution in [0.15, 0.2) is 163 Å². The summed E-state index contributed by atoms with van der Waals surface area (Å²) in [7, 11) is 0. The number of hydrogen-bond donors (Lipinski definition) is 2. The monoisotopic (exact) mass is 1360 g/mol. The lowest BCUT2D eigenvalue weighted by Gasteiger charge is -2.17. The molecule has 0 aliphatic rings. The number of nitrogens with zero attached hydrogens (tertiary/aromatic N) is 3. The van der Waals surface area contributed by atoms with E-state index in [0.29, 0.717) is 12.4 Å². The number of nitrogens with one attached hydrogen (secondary N) is 1. The Morgan fingerprint density at radius 1 is 0.468 bits per heavy atom. The molecule has 6 nitrogen and oxygen atoms in total. The van der Waals surface area contributed by atoms with Gasteiger partial charge in [0.25, 0.3) is 0 Å². The Bertz CT molecular complexity index is 4050. The maximum Gasteiger partial charge on any atom is 0.145 e. The number of aromatic amines is 1. The van der Waals surface area contributed by atoms with Gasteiger partial charge in [0.2, 0.25) is 0 Å². The number of unbranched alkanes of at least 4 members (excludes halogenated alkanes) is 9. The fourth-order valence-corrected chi connectivity index (χ4v) is 12.9. The normalized spacial score (nSPS) is 11.6. The summed E-state index contributed by atoms with van der Waals surface area (Å²) in [6.07, 6.45) is 14.9. The van der Waals surface area contributed by atoms with Crippen LogP contribution in [-0.4, -0.2) is 36.6 Å². The number of aromatic nitrogens is 4. The van der Waals surface area contributed by atoms with E-state index in [1.165, 1.54) is 107 Å². The van der Waals surface area contributed by atoms with Crippen LogP contribution >= 0.6 is 79.6 Å². The fraction of sp³-hybridized carbons (Fsp3) is 0.265. The molecule has 2 aromatic heterocycles. The predicted molar refractivity (Wildman–Crippen MR) is 356 cm³/mol. The molecule has 0 aliphatic carbocycles. The van der Waals surface area contributed by atoms with Gasteiger partial charge in [0, 0.05) is 51.3 Å². The Morgan fingerprint density at radius 2 is 0.975 bits per heavy atom. The number of rotatable bonds is 17. The number of fused-ring (bicyclic) bond motifs is 14. The smallest absolute Gasteiger partial charge is 0.145 e.